The number of aliphatic hydroxyl groups is 2. The van der Waals surface area contributed by atoms with Gasteiger partial charge in [-0.1, -0.05) is 13.8 Å². The van der Waals surface area contributed by atoms with E-state index < -0.39 is 18.0 Å². The lowest BCUT2D eigenvalue weighted by Gasteiger charge is -2.14. The molecule has 2 unspecified atom stereocenters. The normalized spacial score (nSPS) is 15.1. The van der Waals surface area contributed by atoms with Crippen molar-refractivity contribution in [3.8, 4) is 0 Å². The van der Waals surface area contributed by atoms with Crippen LogP contribution in [0.1, 0.15) is 33.1 Å². The summed E-state index contributed by atoms with van der Waals surface area (Å²) in [6.45, 7) is 3.27. The van der Waals surface area contributed by atoms with Gasteiger partial charge in [0.05, 0.1) is 6.10 Å². The second-order valence-electron chi connectivity index (χ2n) is 2.93. The molecule has 13 heavy (non-hydrogen) atoms. The molecule has 0 saturated heterocycles. The zero-order valence-electron chi connectivity index (χ0n) is 7.99. The average molecular weight is 188 g/mol. The first kappa shape index (κ1) is 12.3. The summed E-state index contributed by atoms with van der Waals surface area (Å²) in [5.74, 6) is -0.591. The van der Waals surface area contributed by atoms with Gasteiger partial charge < -0.3 is 10.2 Å². The lowest BCUT2D eigenvalue weighted by molar-refractivity contribution is -0.134. The van der Waals surface area contributed by atoms with Gasteiger partial charge in [0.2, 0.25) is 0 Å². The molecule has 0 rings (SSSR count). The average Bonchev–Trinajstić information content (AvgIpc) is 2.14. The second kappa shape index (κ2) is 5.83. The number of carbonyl (C=O) groups excluding carboxylic acids is 2. The van der Waals surface area contributed by atoms with Gasteiger partial charge in [0.15, 0.2) is 5.78 Å². The van der Waals surface area contributed by atoms with Crippen molar-refractivity contribution >= 4 is 11.6 Å². The van der Waals surface area contributed by atoms with Crippen molar-refractivity contribution in [1.82, 2.24) is 0 Å². The first-order chi connectivity index (χ1) is 6.02. The Morgan fingerprint density at radius 3 is 2.08 bits per heavy atom. The molecule has 0 fully saturated rings. The molecule has 4 heteroatoms. The first-order valence-corrected chi connectivity index (χ1v) is 4.43. The van der Waals surface area contributed by atoms with Crippen LogP contribution in [-0.4, -0.2) is 34.0 Å². The maximum Gasteiger partial charge on any atom is 0.163 e. The molecule has 0 aromatic carbocycles. The molecule has 76 valence electrons. The number of aliphatic hydroxyl groups excluding tert-OH is 2. The van der Waals surface area contributed by atoms with E-state index in [4.69, 9.17) is 0 Å². The van der Waals surface area contributed by atoms with E-state index in [0.29, 0.717) is 6.42 Å². The van der Waals surface area contributed by atoms with Gasteiger partial charge in [0.1, 0.15) is 11.9 Å². The second-order valence-corrected chi connectivity index (χ2v) is 2.93. The molecule has 0 heterocycles. The minimum atomic E-state index is -1.42. The van der Waals surface area contributed by atoms with Gasteiger partial charge in [-0.05, 0) is 0 Å². The minimum absolute atomic E-state index is 0.149. The van der Waals surface area contributed by atoms with Crippen molar-refractivity contribution in [1.29, 1.82) is 0 Å². The van der Waals surface area contributed by atoms with E-state index in [1.807, 2.05) is 0 Å². The van der Waals surface area contributed by atoms with Crippen LogP contribution in [0, 0.1) is 0 Å². The van der Waals surface area contributed by atoms with Gasteiger partial charge in [-0.15, -0.1) is 0 Å². The molecule has 0 aromatic heterocycles. The molecule has 2 N–H and O–H groups in total. The predicted molar refractivity (Wildman–Crippen MR) is 47.2 cm³/mol. The van der Waals surface area contributed by atoms with E-state index in [1.54, 1.807) is 13.8 Å². The largest absolute Gasteiger partial charge is 0.389 e. The smallest absolute Gasteiger partial charge is 0.163 e. The first-order valence-electron chi connectivity index (χ1n) is 4.43. The summed E-state index contributed by atoms with van der Waals surface area (Å²) in [7, 11) is 0. The number of Topliss-reactive ketones (excluding diaryl/α,β-unsaturated/α-hetero) is 2. The van der Waals surface area contributed by atoms with Crippen LogP contribution in [0.15, 0.2) is 0 Å². The van der Waals surface area contributed by atoms with Crippen molar-refractivity contribution in [2.75, 3.05) is 0 Å². The van der Waals surface area contributed by atoms with Crippen LogP contribution in [0.3, 0.4) is 0 Å². The summed E-state index contributed by atoms with van der Waals surface area (Å²) >= 11 is 0. The Bertz CT molecular complexity index is 188. The monoisotopic (exact) mass is 188 g/mol. The molecule has 0 saturated carbocycles. The van der Waals surface area contributed by atoms with Gasteiger partial charge >= 0.3 is 0 Å². The summed E-state index contributed by atoms with van der Waals surface area (Å²) in [6, 6.07) is 0. The summed E-state index contributed by atoms with van der Waals surface area (Å²) in [5.41, 5.74) is 0. The van der Waals surface area contributed by atoms with Crippen LogP contribution in [0.2, 0.25) is 0 Å². The SMILES string of the molecule is CCC(=O)CC(O)C(O)C(=O)CC. The van der Waals surface area contributed by atoms with Gasteiger partial charge in [-0.2, -0.15) is 0 Å². The Labute approximate surface area is 77.6 Å². The predicted octanol–water partition coefficient (Wildman–Crippen LogP) is 0.0565. The van der Waals surface area contributed by atoms with Crippen LogP contribution in [0.5, 0.6) is 0 Å². The van der Waals surface area contributed by atoms with E-state index in [0.717, 1.165) is 0 Å². The van der Waals surface area contributed by atoms with E-state index in [9.17, 15) is 19.8 Å². The zero-order valence-corrected chi connectivity index (χ0v) is 7.99. The van der Waals surface area contributed by atoms with E-state index in [2.05, 4.69) is 0 Å². The van der Waals surface area contributed by atoms with Crippen molar-refractivity contribution in [3.05, 3.63) is 0 Å². The van der Waals surface area contributed by atoms with Crippen molar-refractivity contribution in [2.24, 2.45) is 0 Å². The van der Waals surface area contributed by atoms with Crippen LogP contribution in [-0.2, 0) is 9.59 Å². The number of hydrogen-bond donors (Lipinski definition) is 2. The van der Waals surface area contributed by atoms with Gasteiger partial charge in [-0.3, -0.25) is 9.59 Å². The molecule has 0 spiro atoms. The molecule has 0 aliphatic rings. The summed E-state index contributed by atoms with van der Waals surface area (Å²) in [4.78, 5) is 21.8. The van der Waals surface area contributed by atoms with E-state index in [1.165, 1.54) is 0 Å². The zero-order chi connectivity index (χ0) is 10.4. The van der Waals surface area contributed by atoms with E-state index >= 15 is 0 Å². The highest BCUT2D eigenvalue weighted by molar-refractivity contribution is 5.85. The fourth-order valence-electron chi connectivity index (χ4n) is 0.913. The number of rotatable bonds is 6. The van der Waals surface area contributed by atoms with Crippen LogP contribution < -0.4 is 0 Å². The molecule has 0 amide bonds. The summed E-state index contributed by atoms with van der Waals surface area (Å²) in [6.07, 6.45) is -2.34. The highest BCUT2D eigenvalue weighted by Crippen LogP contribution is 2.04. The Balaban J connectivity index is 4.02. The van der Waals surface area contributed by atoms with Gasteiger partial charge in [-0.25, -0.2) is 0 Å². The molecule has 4 nitrogen and oxygen atoms in total. The molecule has 0 aliphatic heterocycles. The Morgan fingerprint density at radius 2 is 1.69 bits per heavy atom. The Hall–Kier alpha value is -0.740. The lowest BCUT2D eigenvalue weighted by atomic mass is 10.0. The molecule has 0 radical (unpaired) electrons. The van der Waals surface area contributed by atoms with Crippen molar-refractivity contribution in [2.45, 2.75) is 45.3 Å². The topological polar surface area (TPSA) is 74.6 Å². The third kappa shape index (κ3) is 4.15. The summed E-state index contributed by atoms with van der Waals surface area (Å²) < 4.78 is 0. The molecule has 0 aromatic rings. The van der Waals surface area contributed by atoms with Crippen LogP contribution >= 0.6 is 0 Å². The number of carbonyl (C=O) groups is 2. The fourth-order valence-corrected chi connectivity index (χ4v) is 0.913. The standard InChI is InChI=1S/C9H16O4/c1-3-6(10)5-8(12)9(13)7(11)4-2/h8-9,12-13H,3-5H2,1-2H3. The third-order valence-corrected chi connectivity index (χ3v) is 1.87. The number of hydrogen-bond acceptors (Lipinski definition) is 4. The lowest BCUT2D eigenvalue weighted by Crippen LogP contribution is -2.35. The van der Waals surface area contributed by atoms with Gasteiger partial charge in [0.25, 0.3) is 0 Å². The van der Waals surface area contributed by atoms with Crippen molar-refractivity contribution in [3.63, 3.8) is 0 Å². The fraction of sp³-hybridized carbons (Fsp3) is 0.778. The molecule has 0 aliphatic carbocycles. The highest BCUT2D eigenvalue weighted by atomic mass is 16.3. The Morgan fingerprint density at radius 1 is 1.15 bits per heavy atom. The third-order valence-electron chi connectivity index (χ3n) is 1.87. The molecular weight excluding hydrogens is 172 g/mol. The summed E-state index contributed by atoms with van der Waals surface area (Å²) in [5, 5.41) is 18.4. The van der Waals surface area contributed by atoms with Crippen LogP contribution in [0.25, 0.3) is 0 Å². The quantitative estimate of drug-likeness (QED) is 0.618. The van der Waals surface area contributed by atoms with Crippen LogP contribution in [0.4, 0.5) is 0 Å². The molecular formula is C9H16O4. The number of ketones is 2. The minimum Gasteiger partial charge on any atom is -0.389 e. The molecule has 0 bridgehead atoms. The maximum absolute atomic E-state index is 10.9. The van der Waals surface area contributed by atoms with Crippen molar-refractivity contribution < 1.29 is 19.8 Å². The molecule has 2 atom stereocenters. The Kier molecular flexibility index (Phi) is 5.50. The highest BCUT2D eigenvalue weighted by Gasteiger charge is 2.23. The maximum atomic E-state index is 10.9. The van der Waals surface area contributed by atoms with Gasteiger partial charge in [0, 0.05) is 19.3 Å². The van der Waals surface area contributed by atoms with E-state index in [-0.39, 0.29) is 18.6 Å².